The number of amides is 2. The number of hydrogen-bond donors (Lipinski definition) is 3. The van der Waals surface area contributed by atoms with Crippen molar-refractivity contribution < 1.29 is 43.2 Å². The van der Waals surface area contributed by atoms with Crippen LogP contribution in [0.15, 0.2) is 30.3 Å². The summed E-state index contributed by atoms with van der Waals surface area (Å²) < 4.78 is 26.3. The summed E-state index contributed by atoms with van der Waals surface area (Å²) in [6.45, 7) is 2.81. The Morgan fingerprint density at radius 1 is 0.719 bits per heavy atom. The molecular weight excluding hydrogens is 424 g/mol. The third-order valence-electron chi connectivity index (χ3n) is 3.70. The first-order chi connectivity index (χ1) is 15.6. The number of para-hydroxylation sites is 1. The molecule has 11 nitrogen and oxygen atoms in total. The van der Waals surface area contributed by atoms with Gasteiger partial charge in [-0.2, -0.15) is 0 Å². The molecule has 2 amide bonds. The number of aliphatic carboxylic acids is 1. The first-order valence-corrected chi connectivity index (χ1v) is 10.3. The molecule has 0 aliphatic heterocycles. The van der Waals surface area contributed by atoms with Crippen LogP contribution in [0, 0.1) is 0 Å². The van der Waals surface area contributed by atoms with Gasteiger partial charge < -0.3 is 39.4 Å². The molecule has 0 spiro atoms. The van der Waals surface area contributed by atoms with E-state index < -0.39 is 5.97 Å². The average molecular weight is 456 g/mol. The van der Waals surface area contributed by atoms with Crippen LogP contribution in [0.4, 0.5) is 0 Å². The van der Waals surface area contributed by atoms with Crippen molar-refractivity contribution in [2.75, 3.05) is 72.6 Å². The SMILES string of the molecule is O=C(O)CCOCCOCCOCCOCCNC(=O)CNC(=O)COc1ccccc1. The number of ether oxygens (including phenoxy) is 5. The van der Waals surface area contributed by atoms with Crippen LogP contribution in [-0.4, -0.2) is 95.4 Å². The highest BCUT2D eigenvalue weighted by atomic mass is 16.6. The van der Waals surface area contributed by atoms with Gasteiger partial charge in [-0.3, -0.25) is 14.4 Å². The lowest BCUT2D eigenvalue weighted by Gasteiger charge is -2.09. The van der Waals surface area contributed by atoms with Gasteiger partial charge in [0.2, 0.25) is 5.91 Å². The largest absolute Gasteiger partial charge is 0.484 e. The molecule has 0 saturated heterocycles. The van der Waals surface area contributed by atoms with Crippen LogP contribution in [0.3, 0.4) is 0 Å². The minimum atomic E-state index is -0.891. The summed E-state index contributed by atoms with van der Waals surface area (Å²) in [6.07, 6.45) is -0.0199. The molecule has 0 bridgehead atoms. The van der Waals surface area contributed by atoms with Gasteiger partial charge in [-0.05, 0) is 12.1 Å². The van der Waals surface area contributed by atoms with Crippen molar-refractivity contribution in [3.63, 3.8) is 0 Å². The predicted octanol–water partition coefficient (Wildman–Crippen LogP) is -0.161. The van der Waals surface area contributed by atoms with Crippen LogP contribution in [0.2, 0.25) is 0 Å². The molecule has 180 valence electrons. The van der Waals surface area contributed by atoms with Crippen LogP contribution in [0.5, 0.6) is 5.75 Å². The van der Waals surface area contributed by atoms with Crippen molar-refractivity contribution in [1.29, 1.82) is 0 Å². The van der Waals surface area contributed by atoms with Crippen molar-refractivity contribution in [3.8, 4) is 5.75 Å². The fourth-order valence-corrected chi connectivity index (χ4v) is 2.14. The average Bonchev–Trinajstić information content (AvgIpc) is 2.79. The molecule has 1 aromatic rings. The molecule has 0 heterocycles. The van der Waals surface area contributed by atoms with E-state index in [-0.39, 0.29) is 38.0 Å². The first kappa shape index (κ1) is 27.3. The second-order valence-electron chi connectivity index (χ2n) is 6.32. The van der Waals surface area contributed by atoms with Gasteiger partial charge in [0.05, 0.1) is 65.8 Å². The second-order valence-corrected chi connectivity index (χ2v) is 6.32. The molecule has 1 rings (SSSR count). The van der Waals surface area contributed by atoms with Crippen molar-refractivity contribution in [2.45, 2.75) is 6.42 Å². The normalized spacial score (nSPS) is 10.5. The van der Waals surface area contributed by atoms with Crippen LogP contribution in [0.25, 0.3) is 0 Å². The van der Waals surface area contributed by atoms with E-state index in [9.17, 15) is 14.4 Å². The van der Waals surface area contributed by atoms with Crippen LogP contribution >= 0.6 is 0 Å². The number of rotatable bonds is 20. The van der Waals surface area contributed by atoms with Crippen LogP contribution in [0.1, 0.15) is 6.42 Å². The molecule has 0 aliphatic rings. The quantitative estimate of drug-likeness (QED) is 0.228. The molecule has 0 fully saturated rings. The number of carboxylic acid groups (broad SMARTS) is 1. The van der Waals surface area contributed by atoms with E-state index in [0.29, 0.717) is 58.5 Å². The Balaban J connectivity index is 1.81. The van der Waals surface area contributed by atoms with E-state index in [0.717, 1.165) is 0 Å². The first-order valence-electron chi connectivity index (χ1n) is 10.3. The molecule has 32 heavy (non-hydrogen) atoms. The van der Waals surface area contributed by atoms with Gasteiger partial charge in [0.15, 0.2) is 6.61 Å². The van der Waals surface area contributed by atoms with E-state index >= 15 is 0 Å². The topological polar surface area (TPSA) is 142 Å². The van der Waals surface area contributed by atoms with Gasteiger partial charge in [-0.25, -0.2) is 0 Å². The maximum absolute atomic E-state index is 11.7. The summed E-state index contributed by atoms with van der Waals surface area (Å²) in [6, 6.07) is 8.93. The van der Waals surface area contributed by atoms with Crippen molar-refractivity contribution in [3.05, 3.63) is 30.3 Å². The molecule has 0 radical (unpaired) electrons. The lowest BCUT2D eigenvalue weighted by atomic mass is 10.3. The predicted molar refractivity (Wildman–Crippen MR) is 113 cm³/mol. The second kappa shape index (κ2) is 19.0. The number of carbonyl (C=O) groups excluding carboxylic acids is 2. The lowest BCUT2D eigenvalue weighted by molar-refractivity contribution is -0.138. The van der Waals surface area contributed by atoms with E-state index in [1.54, 1.807) is 24.3 Å². The van der Waals surface area contributed by atoms with Gasteiger partial charge in [0.1, 0.15) is 5.75 Å². The molecule has 0 aliphatic carbocycles. The molecule has 1 aromatic carbocycles. The third kappa shape index (κ3) is 17.0. The highest BCUT2D eigenvalue weighted by molar-refractivity contribution is 5.85. The third-order valence-corrected chi connectivity index (χ3v) is 3.70. The monoisotopic (exact) mass is 456 g/mol. The lowest BCUT2D eigenvalue weighted by Crippen LogP contribution is -2.39. The summed E-state index contributed by atoms with van der Waals surface area (Å²) in [7, 11) is 0. The summed E-state index contributed by atoms with van der Waals surface area (Å²) in [4.78, 5) is 33.6. The molecule has 0 unspecified atom stereocenters. The maximum atomic E-state index is 11.7. The Morgan fingerprint density at radius 2 is 1.28 bits per heavy atom. The summed E-state index contributed by atoms with van der Waals surface area (Å²) in [5.74, 6) is -1.01. The van der Waals surface area contributed by atoms with E-state index in [1.165, 1.54) is 0 Å². The van der Waals surface area contributed by atoms with E-state index in [2.05, 4.69) is 10.6 Å². The summed E-state index contributed by atoms with van der Waals surface area (Å²) in [5.41, 5.74) is 0. The Kier molecular flexibility index (Phi) is 16.2. The van der Waals surface area contributed by atoms with Crippen molar-refractivity contribution in [2.24, 2.45) is 0 Å². The molecule has 0 atom stereocenters. The Labute approximate surface area is 187 Å². The van der Waals surface area contributed by atoms with Gasteiger partial charge in [-0.15, -0.1) is 0 Å². The van der Waals surface area contributed by atoms with Crippen LogP contribution in [-0.2, 0) is 33.3 Å². The number of benzene rings is 1. The Bertz CT molecular complexity index is 643. The van der Waals surface area contributed by atoms with Gasteiger partial charge >= 0.3 is 5.97 Å². The minimum Gasteiger partial charge on any atom is -0.484 e. The number of nitrogens with one attached hydrogen (secondary N) is 2. The zero-order chi connectivity index (χ0) is 23.3. The molecule has 0 saturated carbocycles. The summed E-state index contributed by atoms with van der Waals surface area (Å²) >= 11 is 0. The fourth-order valence-electron chi connectivity index (χ4n) is 2.14. The zero-order valence-corrected chi connectivity index (χ0v) is 18.1. The highest BCUT2D eigenvalue weighted by Gasteiger charge is 2.06. The molecule has 3 N–H and O–H groups in total. The van der Waals surface area contributed by atoms with Crippen molar-refractivity contribution in [1.82, 2.24) is 10.6 Å². The number of hydrogen-bond acceptors (Lipinski definition) is 8. The van der Waals surface area contributed by atoms with E-state index in [4.69, 9.17) is 28.8 Å². The van der Waals surface area contributed by atoms with E-state index in [1.807, 2.05) is 6.07 Å². The number of carbonyl (C=O) groups is 3. The fraction of sp³-hybridized carbons (Fsp3) is 0.571. The van der Waals surface area contributed by atoms with Crippen molar-refractivity contribution >= 4 is 17.8 Å². The molecule has 0 aromatic heterocycles. The van der Waals surface area contributed by atoms with Gasteiger partial charge in [0.25, 0.3) is 5.91 Å². The minimum absolute atomic E-state index is 0.0199. The zero-order valence-electron chi connectivity index (χ0n) is 18.1. The van der Waals surface area contributed by atoms with Crippen LogP contribution < -0.4 is 15.4 Å². The van der Waals surface area contributed by atoms with Gasteiger partial charge in [0, 0.05) is 6.54 Å². The number of carboxylic acids is 1. The Hall–Kier alpha value is -2.73. The maximum Gasteiger partial charge on any atom is 0.305 e. The smallest absolute Gasteiger partial charge is 0.305 e. The van der Waals surface area contributed by atoms with Gasteiger partial charge in [-0.1, -0.05) is 18.2 Å². The molecular formula is C21H32N2O9. The standard InChI is InChI=1S/C21H32N2O9/c24-19(16-23-20(25)17-32-18-4-2-1-3-5-18)22-7-9-29-11-13-31-15-14-30-12-10-28-8-6-21(26)27/h1-5H,6-17H2,(H,22,24)(H,23,25)(H,26,27). The Morgan fingerprint density at radius 3 is 1.88 bits per heavy atom. The highest BCUT2D eigenvalue weighted by Crippen LogP contribution is 2.07. The molecule has 11 heteroatoms. The summed E-state index contributed by atoms with van der Waals surface area (Å²) in [5, 5.41) is 13.6.